The minimum absolute atomic E-state index is 0.145. The number of carbonyl (C=O) groups excluding carboxylic acids is 1. The number of carboxylic acid groups (broad SMARTS) is 1. The van der Waals surface area contributed by atoms with Crippen LogP contribution in [0.5, 0.6) is 0 Å². The summed E-state index contributed by atoms with van der Waals surface area (Å²) in [5.74, 6) is -1.10. The molecule has 0 radical (unpaired) electrons. The lowest BCUT2D eigenvalue weighted by Gasteiger charge is -2.10. The summed E-state index contributed by atoms with van der Waals surface area (Å²) in [5, 5.41) is 11.4. The first-order valence-electron chi connectivity index (χ1n) is 5.27. The van der Waals surface area contributed by atoms with Crippen molar-refractivity contribution in [2.24, 2.45) is 0 Å². The predicted molar refractivity (Wildman–Crippen MR) is 64.8 cm³/mol. The lowest BCUT2D eigenvalue weighted by atomic mass is 10.1. The van der Waals surface area contributed by atoms with Gasteiger partial charge < -0.3 is 10.4 Å². The van der Waals surface area contributed by atoms with Crippen molar-refractivity contribution in [3.63, 3.8) is 0 Å². The number of aliphatic carboxylic acids is 1. The second-order valence-corrected chi connectivity index (χ2v) is 3.76. The first kappa shape index (κ1) is 13.0. The van der Waals surface area contributed by atoms with E-state index in [0.29, 0.717) is 11.3 Å². The van der Waals surface area contributed by atoms with Crippen LogP contribution in [0.2, 0.25) is 0 Å². The van der Waals surface area contributed by atoms with Crippen LogP contribution in [-0.4, -0.2) is 22.9 Å². The maximum atomic E-state index is 11.7. The second kappa shape index (κ2) is 5.84. The Morgan fingerprint density at radius 2 is 1.88 bits per heavy atom. The van der Waals surface area contributed by atoms with Crippen molar-refractivity contribution in [1.29, 1.82) is 0 Å². The number of carboxylic acids is 1. The molecule has 0 aliphatic heterocycles. The van der Waals surface area contributed by atoms with E-state index in [-0.39, 0.29) is 5.78 Å². The van der Waals surface area contributed by atoms with Crippen molar-refractivity contribution in [2.45, 2.75) is 19.9 Å². The fourth-order valence-corrected chi connectivity index (χ4v) is 1.33. The van der Waals surface area contributed by atoms with Crippen LogP contribution in [0.3, 0.4) is 0 Å². The van der Waals surface area contributed by atoms with Gasteiger partial charge >= 0.3 is 5.97 Å². The average molecular weight is 233 g/mol. The Morgan fingerprint density at radius 3 is 2.41 bits per heavy atom. The van der Waals surface area contributed by atoms with Crippen LogP contribution in [0, 0.1) is 0 Å². The van der Waals surface area contributed by atoms with Gasteiger partial charge in [-0.25, -0.2) is 0 Å². The lowest BCUT2D eigenvalue weighted by molar-refractivity contribution is -0.138. The van der Waals surface area contributed by atoms with Crippen molar-refractivity contribution in [3.8, 4) is 0 Å². The van der Waals surface area contributed by atoms with Gasteiger partial charge in [-0.3, -0.25) is 9.59 Å². The third-order valence-electron chi connectivity index (χ3n) is 2.22. The quantitative estimate of drug-likeness (QED) is 0.601. The van der Waals surface area contributed by atoms with Crippen LogP contribution < -0.4 is 5.32 Å². The molecule has 0 saturated carbocycles. The molecule has 0 saturated heterocycles. The number of rotatable bonds is 5. The monoisotopic (exact) mass is 233 g/mol. The molecule has 0 spiro atoms. The van der Waals surface area contributed by atoms with Crippen molar-refractivity contribution >= 4 is 11.8 Å². The fraction of sp³-hybridized carbons (Fsp3) is 0.231. The van der Waals surface area contributed by atoms with Gasteiger partial charge in [0.1, 0.15) is 6.04 Å². The molecular formula is C13H15NO3. The zero-order chi connectivity index (χ0) is 12.8. The molecule has 4 nitrogen and oxygen atoms in total. The van der Waals surface area contributed by atoms with Gasteiger partial charge in [-0.2, -0.15) is 0 Å². The molecule has 0 fully saturated rings. The molecule has 0 amide bonds. The maximum absolute atomic E-state index is 11.7. The number of ketones is 1. The van der Waals surface area contributed by atoms with Crippen molar-refractivity contribution < 1.29 is 14.7 Å². The Hall–Kier alpha value is -2.10. The summed E-state index contributed by atoms with van der Waals surface area (Å²) in [6.07, 6.45) is 1.40. The molecular weight excluding hydrogens is 218 g/mol. The number of nitrogens with one attached hydrogen (secondary N) is 1. The van der Waals surface area contributed by atoms with Crippen LogP contribution in [-0.2, 0) is 4.79 Å². The number of hydrogen-bond donors (Lipinski definition) is 2. The number of hydrogen-bond acceptors (Lipinski definition) is 3. The van der Waals surface area contributed by atoms with Crippen molar-refractivity contribution in [3.05, 3.63) is 47.7 Å². The van der Waals surface area contributed by atoms with Crippen LogP contribution in [0.1, 0.15) is 24.2 Å². The number of benzene rings is 1. The van der Waals surface area contributed by atoms with Crippen LogP contribution in [0.25, 0.3) is 0 Å². The topological polar surface area (TPSA) is 66.4 Å². The van der Waals surface area contributed by atoms with E-state index in [2.05, 4.69) is 5.32 Å². The van der Waals surface area contributed by atoms with Gasteiger partial charge in [-0.05, 0) is 13.8 Å². The highest BCUT2D eigenvalue weighted by Gasteiger charge is 2.10. The molecule has 1 aromatic rings. The van der Waals surface area contributed by atoms with Crippen LogP contribution in [0.15, 0.2) is 42.1 Å². The normalized spacial score (nSPS) is 12.9. The van der Waals surface area contributed by atoms with E-state index in [4.69, 9.17) is 5.11 Å². The minimum atomic E-state index is -0.954. The highest BCUT2D eigenvalue weighted by molar-refractivity contribution is 6.04. The van der Waals surface area contributed by atoms with Gasteiger partial charge in [0, 0.05) is 17.3 Å². The van der Waals surface area contributed by atoms with Gasteiger partial charge in [-0.1, -0.05) is 30.3 Å². The summed E-state index contributed by atoms with van der Waals surface area (Å²) in [7, 11) is 0. The van der Waals surface area contributed by atoms with E-state index in [1.54, 1.807) is 31.2 Å². The molecule has 0 aliphatic carbocycles. The lowest BCUT2D eigenvalue weighted by Crippen LogP contribution is -2.32. The van der Waals surface area contributed by atoms with Crippen LogP contribution in [0.4, 0.5) is 0 Å². The molecule has 0 heterocycles. The zero-order valence-corrected chi connectivity index (χ0v) is 9.81. The van der Waals surface area contributed by atoms with Crippen molar-refractivity contribution in [2.75, 3.05) is 0 Å². The Labute approximate surface area is 100.0 Å². The van der Waals surface area contributed by atoms with E-state index in [1.165, 1.54) is 13.0 Å². The Kier molecular flexibility index (Phi) is 4.46. The summed E-state index contributed by atoms with van der Waals surface area (Å²) >= 11 is 0. The van der Waals surface area contributed by atoms with E-state index in [0.717, 1.165) is 0 Å². The standard InChI is InChI=1S/C13H15NO3/c1-9(14-10(2)13(16)17)8-12(15)11-6-4-3-5-7-11/h3-8,10,14H,1-2H3,(H,16,17)/b9-8-. The Balaban J connectivity index is 2.69. The van der Waals surface area contributed by atoms with Crippen LogP contribution >= 0.6 is 0 Å². The molecule has 1 rings (SSSR count). The smallest absolute Gasteiger partial charge is 0.325 e. The predicted octanol–water partition coefficient (Wildman–Crippen LogP) is 1.84. The van der Waals surface area contributed by atoms with Gasteiger partial charge in [-0.15, -0.1) is 0 Å². The molecule has 1 atom stereocenters. The van der Waals surface area contributed by atoms with E-state index >= 15 is 0 Å². The fourth-order valence-electron chi connectivity index (χ4n) is 1.33. The highest BCUT2D eigenvalue weighted by Crippen LogP contribution is 2.03. The number of carbonyl (C=O) groups is 2. The summed E-state index contributed by atoms with van der Waals surface area (Å²) in [4.78, 5) is 22.4. The largest absolute Gasteiger partial charge is 0.480 e. The van der Waals surface area contributed by atoms with E-state index in [9.17, 15) is 9.59 Å². The molecule has 1 aromatic carbocycles. The van der Waals surface area contributed by atoms with Gasteiger partial charge in [0.05, 0.1) is 0 Å². The number of allylic oxidation sites excluding steroid dienone is 2. The summed E-state index contributed by atoms with van der Waals surface area (Å²) < 4.78 is 0. The van der Waals surface area contributed by atoms with Crippen molar-refractivity contribution in [1.82, 2.24) is 5.32 Å². The summed E-state index contributed by atoms with van der Waals surface area (Å²) in [6.45, 7) is 3.19. The first-order chi connectivity index (χ1) is 8.00. The molecule has 90 valence electrons. The molecule has 17 heavy (non-hydrogen) atoms. The Bertz CT molecular complexity index is 437. The van der Waals surface area contributed by atoms with E-state index in [1.807, 2.05) is 6.07 Å². The van der Waals surface area contributed by atoms with Gasteiger partial charge in [0.2, 0.25) is 0 Å². The van der Waals surface area contributed by atoms with Gasteiger partial charge in [0.25, 0.3) is 0 Å². The second-order valence-electron chi connectivity index (χ2n) is 3.76. The first-order valence-corrected chi connectivity index (χ1v) is 5.27. The molecule has 4 heteroatoms. The maximum Gasteiger partial charge on any atom is 0.325 e. The van der Waals surface area contributed by atoms with Gasteiger partial charge in [0.15, 0.2) is 5.78 Å². The third-order valence-corrected chi connectivity index (χ3v) is 2.22. The van der Waals surface area contributed by atoms with E-state index < -0.39 is 12.0 Å². The highest BCUT2D eigenvalue weighted by atomic mass is 16.4. The zero-order valence-electron chi connectivity index (χ0n) is 9.81. The summed E-state index contributed by atoms with van der Waals surface area (Å²) in [5.41, 5.74) is 1.12. The summed E-state index contributed by atoms with van der Waals surface area (Å²) in [6, 6.07) is 8.11. The molecule has 2 N–H and O–H groups in total. The molecule has 0 aromatic heterocycles. The Morgan fingerprint density at radius 1 is 1.29 bits per heavy atom. The minimum Gasteiger partial charge on any atom is -0.480 e. The average Bonchev–Trinajstić information content (AvgIpc) is 2.29. The molecule has 1 unspecified atom stereocenters. The molecule has 0 bridgehead atoms. The third kappa shape index (κ3) is 4.10. The SMILES string of the molecule is C/C(=C/C(=O)c1ccccc1)NC(C)C(=O)O. The molecule has 0 aliphatic rings.